The maximum Gasteiger partial charge on any atom is 0.323 e. The standard InChI is InChI=1S/C9H10ClNO2/c1-11(6-9(12)13)8-5-3-2-4-7(8)10/h2-5H,6H2,1H3,(H,12,13). The number of likely N-dealkylation sites (N-methyl/N-ethyl adjacent to an activating group) is 1. The molecule has 0 bridgehead atoms. The quantitative estimate of drug-likeness (QED) is 0.808. The van der Waals surface area contributed by atoms with E-state index in [0.29, 0.717) is 5.02 Å². The maximum absolute atomic E-state index is 10.4. The number of carboxylic acids is 1. The van der Waals surface area contributed by atoms with Crippen LogP contribution in [0.2, 0.25) is 5.02 Å². The lowest BCUT2D eigenvalue weighted by atomic mass is 10.3. The molecule has 0 saturated carbocycles. The molecule has 13 heavy (non-hydrogen) atoms. The average molecular weight is 200 g/mol. The summed E-state index contributed by atoms with van der Waals surface area (Å²) in [4.78, 5) is 12.0. The zero-order valence-electron chi connectivity index (χ0n) is 7.20. The van der Waals surface area contributed by atoms with E-state index in [2.05, 4.69) is 0 Å². The van der Waals surface area contributed by atoms with Crippen LogP contribution in [-0.4, -0.2) is 24.7 Å². The lowest BCUT2D eigenvalue weighted by Crippen LogP contribution is -2.25. The zero-order valence-corrected chi connectivity index (χ0v) is 7.95. The molecule has 0 spiro atoms. The first kappa shape index (κ1) is 9.86. The van der Waals surface area contributed by atoms with Crippen molar-refractivity contribution in [2.24, 2.45) is 0 Å². The molecule has 0 aliphatic rings. The Balaban J connectivity index is 2.82. The summed E-state index contributed by atoms with van der Waals surface area (Å²) in [6.07, 6.45) is 0. The third-order valence-corrected chi connectivity index (χ3v) is 1.96. The number of halogens is 1. The number of benzene rings is 1. The first-order chi connectivity index (χ1) is 6.11. The van der Waals surface area contributed by atoms with Gasteiger partial charge in [-0.25, -0.2) is 0 Å². The summed E-state index contributed by atoms with van der Waals surface area (Å²) in [5, 5.41) is 9.11. The topological polar surface area (TPSA) is 40.5 Å². The van der Waals surface area contributed by atoms with Gasteiger partial charge in [0.2, 0.25) is 0 Å². The molecule has 0 amide bonds. The first-order valence-electron chi connectivity index (χ1n) is 3.78. The number of hydrogen-bond acceptors (Lipinski definition) is 2. The number of anilines is 1. The van der Waals surface area contributed by atoms with Gasteiger partial charge in [0.25, 0.3) is 0 Å². The summed E-state index contributed by atoms with van der Waals surface area (Å²) < 4.78 is 0. The predicted molar refractivity (Wildman–Crippen MR) is 52.4 cm³/mol. The summed E-state index contributed by atoms with van der Waals surface area (Å²) in [6.45, 7) is -0.0519. The molecule has 0 aliphatic heterocycles. The second kappa shape index (κ2) is 4.14. The molecule has 0 aromatic heterocycles. The molecular formula is C9H10ClNO2. The predicted octanol–water partition coefficient (Wildman–Crippen LogP) is 1.86. The Morgan fingerprint density at radius 2 is 2.15 bits per heavy atom. The molecule has 0 saturated heterocycles. The Morgan fingerprint density at radius 3 is 2.69 bits per heavy atom. The van der Waals surface area contributed by atoms with E-state index in [1.807, 2.05) is 6.07 Å². The molecule has 0 heterocycles. The maximum atomic E-state index is 10.4. The van der Waals surface area contributed by atoms with Crippen molar-refractivity contribution in [3.63, 3.8) is 0 Å². The van der Waals surface area contributed by atoms with Crippen LogP contribution in [0.15, 0.2) is 24.3 Å². The highest BCUT2D eigenvalue weighted by Crippen LogP contribution is 2.23. The van der Waals surface area contributed by atoms with Crippen LogP contribution in [0.3, 0.4) is 0 Å². The van der Waals surface area contributed by atoms with E-state index in [1.165, 1.54) is 0 Å². The van der Waals surface area contributed by atoms with Gasteiger partial charge in [0.05, 0.1) is 10.7 Å². The van der Waals surface area contributed by atoms with Crippen molar-refractivity contribution in [1.82, 2.24) is 0 Å². The van der Waals surface area contributed by atoms with Gasteiger partial charge >= 0.3 is 5.97 Å². The number of carbonyl (C=O) groups is 1. The molecule has 3 nitrogen and oxygen atoms in total. The van der Waals surface area contributed by atoms with Crippen LogP contribution in [-0.2, 0) is 4.79 Å². The van der Waals surface area contributed by atoms with Crippen molar-refractivity contribution in [2.45, 2.75) is 0 Å². The van der Waals surface area contributed by atoms with Crippen molar-refractivity contribution in [2.75, 3.05) is 18.5 Å². The Bertz CT molecular complexity index is 314. The van der Waals surface area contributed by atoms with Crippen LogP contribution in [0.25, 0.3) is 0 Å². The molecular weight excluding hydrogens is 190 g/mol. The van der Waals surface area contributed by atoms with Gasteiger partial charge in [-0.2, -0.15) is 0 Å². The highest BCUT2D eigenvalue weighted by atomic mass is 35.5. The molecule has 0 atom stereocenters. The number of nitrogens with zero attached hydrogens (tertiary/aromatic N) is 1. The number of rotatable bonds is 3. The Labute approximate surface area is 81.5 Å². The second-order valence-electron chi connectivity index (χ2n) is 2.70. The van der Waals surface area contributed by atoms with E-state index in [9.17, 15) is 4.79 Å². The minimum atomic E-state index is -0.873. The summed E-state index contributed by atoms with van der Waals surface area (Å²) in [5.74, 6) is -0.873. The Hall–Kier alpha value is -1.22. The number of carboxylic acid groups (broad SMARTS) is 1. The summed E-state index contributed by atoms with van der Waals surface area (Å²) in [7, 11) is 1.69. The lowest BCUT2D eigenvalue weighted by molar-refractivity contribution is -0.135. The number of hydrogen-bond donors (Lipinski definition) is 1. The third-order valence-electron chi connectivity index (χ3n) is 1.64. The van der Waals surface area contributed by atoms with Crippen molar-refractivity contribution in [1.29, 1.82) is 0 Å². The molecule has 0 aliphatic carbocycles. The van der Waals surface area contributed by atoms with E-state index >= 15 is 0 Å². The third kappa shape index (κ3) is 2.63. The number of aliphatic carboxylic acids is 1. The van der Waals surface area contributed by atoms with Gasteiger partial charge in [-0.15, -0.1) is 0 Å². The molecule has 4 heteroatoms. The van der Waals surface area contributed by atoms with Crippen LogP contribution in [0.1, 0.15) is 0 Å². The van der Waals surface area contributed by atoms with Crippen LogP contribution in [0.5, 0.6) is 0 Å². The van der Waals surface area contributed by atoms with Crippen molar-refractivity contribution in [3.8, 4) is 0 Å². The summed E-state index contributed by atoms with van der Waals surface area (Å²) in [5.41, 5.74) is 0.728. The fraction of sp³-hybridized carbons (Fsp3) is 0.222. The van der Waals surface area contributed by atoms with E-state index in [0.717, 1.165) is 5.69 Å². The monoisotopic (exact) mass is 199 g/mol. The van der Waals surface area contributed by atoms with Crippen LogP contribution in [0, 0.1) is 0 Å². The molecule has 1 rings (SSSR count). The largest absolute Gasteiger partial charge is 0.480 e. The highest BCUT2D eigenvalue weighted by molar-refractivity contribution is 6.33. The summed E-state index contributed by atoms with van der Waals surface area (Å²) in [6, 6.07) is 7.14. The van der Waals surface area contributed by atoms with Crippen LogP contribution in [0.4, 0.5) is 5.69 Å². The molecule has 0 unspecified atom stereocenters. The fourth-order valence-corrected chi connectivity index (χ4v) is 1.33. The second-order valence-corrected chi connectivity index (χ2v) is 3.11. The fourth-order valence-electron chi connectivity index (χ4n) is 1.05. The zero-order chi connectivity index (χ0) is 9.84. The molecule has 1 aromatic carbocycles. The molecule has 0 radical (unpaired) electrons. The van der Waals surface area contributed by atoms with Gasteiger partial charge < -0.3 is 10.0 Å². The first-order valence-corrected chi connectivity index (χ1v) is 4.16. The molecule has 0 fully saturated rings. The van der Waals surface area contributed by atoms with Crippen molar-refractivity contribution < 1.29 is 9.90 Å². The van der Waals surface area contributed by atoms with Gasteiger partial charge in [-0.05, 0) is 12.1 Å². The van der Waals surface area contributed by atoms with Gasteiger partial charge in [0.1, 0.15) is 6.54 Å². The average Bonchev–Trinajstić information content (AvgIpc) is 2.03. The van der Waals surface area contributed by atoms with Gasteiger partial charge in [0.15, 0.2) is 0 Å². The van der Waals surface area contributed by atoms with Gasteiger partial charge in [-0.3, -0.25) is 4.79 Å². The van der Waals surface area contributed by atoms with E-state index < -0.39 is 5.97 Å². The molecule has 1 N–H and O–H groups in total. The molecule has 1 aromatic rings. The van der Waals surface area contributed by atoms with E-state index in [1.54, 1.807) is 30.1 Å². The van der Waals surface area contributed by atoms with E-state index in [-0.39, 0.29) is 6.54 Å². The van der Waals surface area contributed by atoms with Gasteiger partial charge in [-0.1, -0.05) is 23.7 Å². The summed E-state index contributed by atoms with van der Waals surface area (Å²) >= 11 is 5.87. The number of para-hydroxylation sites is 1. The Morgan fingerprint density at radius 1 is 1.54 bits per heavy atom. The van der Waals surface area contributed by atoms with Gasteiger partial charge in [0, 0.05) is 7.05 Å². The molecule has 70 valence electrons. The van der Waals surface area contributed by atoms with Crippen LogP contribution < -0.4 is 4.90 Å². The highest BCUT2D eigenvalue weighted by Gasteiger charge is 2.07. The lowest BCUT2D eigenvalue weighted by Gasteiger charge is -2.17. The SMILES string of the molecule is CN(CC(=O)O)c1ccccc1Cl. The van der Waals surface area contributed by atoms with E-state index in [4.69, 9.17) is 16.7 Å². The van der Waals surface area contributed by atoms with Crippen LogP contribution >= 0.6 is 11.6 Å². The van der Waals surface area contributed by atoms with Crippen molar-refractivity contribution >= 4 is 23.3 Å². The minimum absolute atomic E-state index is 0.0519. The van der Waals surface area contributed by atoms with Crippen molar-refractivity contribution in [3.05, 3.63) is 29.3 Å². The smallest absolute Gasteiger partial charge is 0.323 e. The normalized spacial score (nSPS) is 9.69. The minimum Gasteiger partial charge on any atom is -0.480 e. The Kier molecular flexibility index (Phi) is 3.14.